The van der Waals surface area contributed by atoms with Gasteiger partial charge in [0.2, 0.25) is 0 Å². The zero-order valence-electron chi connectivity index (χ0n) is 20.6. The summed E-state index contributed by atoms with van der Waals surface area (Å²) >= 11 is 0. The minimum absolute atomic E-state index is 0.877. The smallest absolute Gasteiger partial charge is 0.0885 e. The van der Waals surface area contributed by atoms with E-state index in [1.165, 1.54) is 54.9 Å². The molecule has 1 aliphatic rings. The second kappa shape index (κ2) is 8.22. The Morgan fingerprint density at radius 1 is 0.342 bits per heavy atom. The van der Waals surface area contributed by atoms with Gasteiger partial charge in [0.25, 0.3) is 0 Å². The molecule has 0 atom stereocenters. The SMILES string of the molecule is c1ccc(-c2cnc(-c3ccc4cc(-c5cc6c7c(cccc7c5)-c5ccccc5-6)ccc4c3)cn2)cc1. The Kier molecular flexibility index (Phi) is 4.55. The molecule has 0 N–H and O–H groups in total. The maximum Gasteiger partial charge on any atom is 0.0885 e. The molecule has 6 aromatic carbocycles. The summed E-state index contributed by atoms with van der Waals surface area (Å²) in [5.41, 5.74) is 11.7. The highest BCUT2D eigenvalue weighted by atomic mass is 14.8. The summed E-state index contributed by atoms with van der Waals surface area (Å²) in [6.07, 6.45) is 3.72. The molecule has 0 amide bonds. The van der Waals surface area contributed by atoms with E-state index < -0.39 is 0 Å². The number of rotatable bonds is 3. The van der Waals surface area contributed by atoms with Crippen LogP contribution < -0.4 is 0 Å². The van der Waals surface area contributed by atoms with Crippen molar-refractivity contribution in [1.29, 1.82) is 0 Å². The molecule has 0 bridgehead atoms. The summed E-state index contributed by atoms with van der Waals surface area (Å²) in [5, 5.41) is 5.06. The molecule has 0 radical (unpaired) electrons. The Hall–Kier alpha value is -5.08. The molecule has 0 spiro atoms. The number of hydrogen-bond acceptors (Lipinski definition) is 2. The van der Waals surface area contributed by atoms with Crippen LogP contribution in [0, 0.1) is 0 Å². The first kappa shape index (κ1) is 21.0. The average molecular weight is 483 g/mol. The Morgan fingerprint density at radius 3 is 1.71 bits per heavy atom. The minimum Gasteiger partial charge on any atom is -0.252 e. The average Bonchev–Trinajstić information content (AvgIpc) is 3.32. The van der Waals surface area contributed by atoms with E-state index in [2.05, 4.69) is 108 Å². The lowest BCUT2D eigenvalue weighted by atomic mass is 9.94. The minimum atomic E-state index is 0.877. The predicted octanol–water partition coefficient (Wildman–Crippen LogP) is 9.43. The largest absolute Gasteiger partial charge is 0.252 e. The number of aromatic nitrogens is 2. The highest BCUT2D eigenvalue weighted by molar-refractivity contribution is 6.16. The van der Waals surface area contributed by atoms with Crippen LogP contribution in [-0.4, -0.2) is 9.97 Å². The lowest BCUT2D eigenvalue weighted by Crippen LogP contribution is -1.89. The summed E-state index contributed by atoms with van der Waals surface area (Å²) in [4.78, 5) is 9.36. The molecule has 8 rings (SSSR count). The van der Waals surface area contributed by atoms with E-state index in [4.69, 9.17) is 4.98 Å². The van der Waals surface area contributed by atoms with Crippen LogP contribution >= 0.6 is 0 Å². The van der Waals surface area contributed by atoms with E-state index in [9.17, 15) is 0 Å². The Labute approximate surface area is 220 Å². The molecule has 7 aromatic rings. The number of fused-ring (bicyclic) bond motifs is 4. The van der Waals surface area contributed by atoms with Crippen LogP contribution in [0.5, 0.6) is 0 Å². The molecule has 1 aliphatic carbocycles. The molecular weight excluding hydrogens is 460 g/mol. The van der Waals surface area contributed by atoms with Crippen LogP contribution in [-0.2, 0) is 0 Å². The van der Waals surface area contributed by atoms with E-state index in [-0.39, 0.29) is 0 Å². The summed E-state index contributed by atoms with van der Waals surface area (Å²) in [7, 11) is 0. The first-order valence-electron chi connectivity index (χ1n) is 12.9. The summed E-state index contributed by atoms with van der Waals surface area (Å²) in [6, 6.07) is 43.5. The normalized spacial score (nSPS) is 11.7. The highest BCUT2D eigenvalue weighted by Gasteiger charge is 2.21. The van der Waals surface area contributed by atoms with Crippen molar-refractivity contribution < 1.29 is 0 Å². The van der Waals surface area contributed by atoms with Crippen LogP contribution in [0.2, 0.25) is 0 Å². The van der Waals surface area contributed by atoms with Crippen molar-refractivity contribution in [3.63, 3.8) is 0 Å². The van der Waals surface area contributed by atoms with E-state index in [0.29, 0.717) is 0 Å². The van der Waals surface area contributed by atoms with Gasteiger partial charge in [0, 0.05) is 11.1 Å². The number of hydrogen-bond donors (Lipinski definition) is 0. The summed E-state index contributed by atoms with van der Waals surface area (Å²) in [6.45, 7) is 0. The maximum absolute atomic E-state index is 4.71. The first-order chi connectivity index (χ1) is 18.8. The zero-order chi connectivity index (χ0) is 25.1. The molecule has 0 aliphatic heterocycles. The van der Waals surface area contributed by atoms with Crippen LogP contribution in [0.3, 0.4) is 0 Å². The molecule has 0 saturated carbocycles. The van der Waals surface area contributed by atoms with Crippen LogP contribution in [0.1, 0.15) is 0 Å². The molecule has 176 valence electrons. The Morgan fingerprint density at radius 2 is 0.947 bits per heavy atom. The molecule has 38 heavy (non-hydrogen) atoms. The fourth-order valence-electron chi connectivity index (χ4n) is 5.80. The van der Waals surface area contributed by atoms with E-state index in [0.717, 1.165) is 22.5 Å². The molecule has 2 nitrogen and oxygen atoms in total. The Balaban J connectivity index is 1.17. The highest BCUT2D eigenvalue weighted by Crippen LogP contribution is 2.48. The van der Waals surface area contributed by atoms with Crippen molar-refractivity contribution in [3.8, 4) is 55.9 Å². The third-order valence-electron chi connectivity index (χ3n) is 7.68. The van der Waals surface area contributed by atoms with Gasteiger partial charge in [-0.2, -0.15) is 0 Å². The van der Waals surface area contributed by atoms with E-state index in [1.54, 1.807) is 0 Å². The van der Waals surface area contributed by atoms with Gasteiger partial charge in [-0.3, -0.25) is 9.97 Å². The second-order valence-corrected chi connectivity index (χ2v) is 9.90. The molecule has 0 fully saturated rings. The van der Waals surface area contributed by atoms with Gasteiger partial charge in [-0.25, -0.2) is 0 Å². The number of benzene rings is 6. The van der Waals surface area contributed by atoms with Gasteiger partial charge in [0.1, 0.15) is 0 Å². The fourth-order valence-corrected chi connectivity index (χ4v) is 5.80. The van der Waals surface area contributed by atoms with E-state index >= 15 is 0 Å². The van der Waals surface area contributed by atoms with Crippen LogP contribution in [0.4, 0.5) is 0 Å². The van der Waals surface area contributed by atoms with Gasteiger partial charge in [0.05, 0.1) is 23.8 Å². The van der Waals surface area contributed by atoms with Gasteiger partial charge < -0.3 is 0 Å². The molecule has 0 unspecified atom stereocenters. The maximum atomic E-state index is 4.71. The van der Waals surface area contributed by atoms with Crippen molar-refractivity contribution in [2.75, 3.05) is 0 Å². The Bertz CT molecular complexity index is 2010. The molecule has 0 saturated heterocycles. The number of nitrogens with zero attached hydrogens (tertiary/aromatic N) is 2. The van der Waals surface area contributed by atoms with Gasteiger partial charge in [-0.15, -0.1) is 0 Å². The lowest BCUT2D eigenvalue weighted by Gasteiger charge is -2.10. The monoisotopic (exact) mass is 482 g/mol. The summed E-state index contributed by atoms with van der Waals surface area (Å²) in [5.74, 6) is 0. The predicted molar refractivity (Wildman–Crippen MR) is 158 cm³/mol. The van der Waals surface area contributed by atoms with Gasteiger partial charge in [0.15, 0.2) is 0 Å². The van der Waals surface area contributed by atoms with Crippen molar-refractivity contribution >= 4 is 21.5 Å². The van der Waals surface area contributed by atoms with Gasteiger partial charge in [-0.05, 0) is 79.2 Å². The molecule has 1 aromatic heterocycles. The second-order valence-electron chi connectivity index (χ2n) is 9.90. The third kappa shape index (κ3) is 3.28. The lowest BCUT2D eigenvalue weighted by molar-refractivity contribution is 1.21. The van der Waals surface area contributed by atoms with Crippen molar-refractivity contribution in [1.82, 2.24) is 9.97 Å². The van der Waals surface area contributed by atoms with Gasteiger partial charge in [-0.1, -0.05) is 97.1 Å². The zero-order valence-corrected chi connectivity index (χ0v) is 20.6. The third-order valence-corrected chi connectivity index (χ3v) is 7.68. The van der Waals surface area contributed by atoms with Crippen molar-refractivity contribution in [3.05, 3.63) is 134 Å². The standard InChI is InChI=1S/C36H22N2/c1-2-7-23(8-3-1)34-21-38-35(22-37-34)27-16-15-24-17-26(14-13-25(24)18-27)29-19-28-9-6-12-32-30-10-4-5-11-31(30)33(20-29)36(28)32/h1-22H. The molecular formula is C36H22N2. The molecule has 2 heteroatoms. The summed E-state index contributed by atoms with van der Waals surface area (Å²) < 4.78 is 0. The van der Waals surface area contributed by atoms with Crippen molar-refractivity contribution in [2.24, 2.45) is 0 Å². The van der Waals surface area contributed by atoms with Crippen molar-refractivity contribution in [2.45, 2.75) is 0 Å². The molecule has 1 heterocycles. The van der Waals surface area contributed by atoms with Gasteiger partial charge >= 0.3 is 0 Å². The first-order valence-corrected chi connectivity index (χ1v) is 12.9. The van der Waals surface area contributed by atoms with Crippen LogP contribution in [0.15, 0.2) is 134 Å². The quantitative estimate of drug-likeness (QED) is 0.251. The van der Waals surface area contributed by atoms with Crippen LogP contribution in [0.25, 0.3) is 77.4 Å². The van der Waals surface area contributed by atoms with E-state index in [1.807, 2.05) is 30.6 Å². The fraction of sp³-hybridized carbons (Fsp3) is 0. The topological polar surface area (TPSA) is 25.8 Å².